The summed E-state index contributed by atoms with van der Waals surface area (Å²) in [6.07, 6.45) is 0. The number of hydrogen-bond donors (Lipinski definition) is 1. The molecular formula is C10H16BrNOS2. The Labute approximate surface area is 107 Å². The van der Waals surface area contributed by atoms with E-state index in [9.17, 15) is 4.55 Å². The molecule has 0 saturated carbocycles. The van der Waals surface area contributed by atoms with Gasteiger partial charge in [-0.3, -0.25) is 0 Å². The molecule has 0 bridgehead atoms. The fourth-order valence-corrected chi connectivity index (χ4v) is 3.26. The van der Waals surface area contributed by atoms with Crippen LogP contribution >= 0.6 is 27.3 Å². The van der Waals surface area contributed by atoms with E-state index in [0.717, 1.165) is 3.79 Å². The molecule has 0 aliphatic heterocycles. The van der Waals surface area contributed by atoms with Crippen LogP contribution in [0.15, 0.2) is 15.9 Å². The van der Waals surface area contributed by atoms with Crippen molar-refractivity contribution in [3.05, 3.63) is 20.8 Å². The highest BCUT2D eigenvalue weighted by atomic mass is 79.9. The third-order valence-electron chi connectivity index (χ3n) is 1.86. The van der Waals surface area contributed by atoms with Crippen molar-refractivity contribution >= 4 is 38.6 Å². The van der Waals surface area contributed by atoms with Crippen LogP contribution in [-0.4, -0.2) is 9.30 Å². The zero-order chi connectivity index (χ0) is 11.6. The Morgan fingerprint density at radius 3 is 2.47 bits per heavy atom. The maximum atomic E-state index is 11.8. The van der Waals surface area contributed by atoms with Crippen molar-refractivity contribution in [2.24, 2.45) is 0 Å². The average molecular weight is 310 g/mol. The standard InChI is InChI=1S/C10H16BrNOS2/c1-7(8-5-6-9(11)14-8)12-15(13)10(2,3)4/h5-7,12H,1-4H3/t7-,15?/m0/s1. The predicted molar refractivity (Wildman–Crippen MR) is 71.5 cm³/mol. The van der Waals surface area contributed by atoms with Crippen LogP contribution in [-0.2, 0) is 11.4 Å². The SMILES string of the molecule is C[C@H](N[S+]([O-])C(C)(C)C)c1ccc(Br)s1. The van der Waals surface area contributed by atoms with Crippen molar-refractivity contribution in [3.8, 4) is 0 Å². The number of halogens is 1. The summed E-state index contributed by atoms with van der Waals surface area (Å²) in [6.45, 7) is 7.93. The Hall–Kier alpha value is 0.450. The molecule has 0 fully saturated rings. The third-order valence-corrected chi connectivity index (χ3v) is 5.35. The molecule has 1 unspecified atom stereocenters. The lowest BCUT2D eigenvalue weighted by molar-refractivity contribution is 0.532. The minimum Gasteiger partial charge on any atom is -0.598 e. The van der Waals surface area contributed by atoms with Crippen LogP contribution in [0.5, 0.6) is 0 Å². The minimum absolute atomic E-state index is 0.126. The summed E-state index contributed by atoms with van der Waals surface area (Å²) < 4.78 is 15.8. The zero-order valence-electron chi connectivity index (χ0n) is 9.33. The molecule has 1 aromatic heterocycles. The van der Waals surface area contributed by atoms with E-state index in [1.807, 2.05) is 39.8 Å². The van der Waals surface area contributed by atoms with Gasteiger partial charge in [0.25, 0.3) is 0 Å². The van der Waals surface area contributed by atoms with E-state index in [2.05, 4.69) is 20.7 Å². The molecule has 86 valence electrons. The van der Waals surface area contributed by atoms with E-state index in [1.165, 1.54) is 4.88 Å². The van der Waals surface area contributed by atoms with E-state index in [1.54, 1.807) is 11.3 Å². The van der Waals surface area contributed by atoms with Gasteiger partial charge in [-0.05, 0) is 55.8 Å². The Balaban J connectivity index is 2.60. The highest BCUT2D eigenvalue weighted by Gasteiger charge is 2.28. The van der Waals surface area contributed by atoms with Crippen LogP contribution in [0.1, 0.15) is 38.6 Å². The Bertz CT molecular complexity index is 321. The molecular weight excluding hydrogens is 294 g/mol. The van der Waals surface area contributed by atoms with Crippen molar-refractivity contribution in [3.63, 3.8) is 0 Å². The van der Waals surface area contributed by atoms with Crippen LogP contribution in [0, 0.1) is 0 Å². The summed E-state index contributed by atoms with van der Waals surface area (Å²) in [5.74, 6) is 0. The van der Waals surface area contributed by atoms with Crippen LogP contribution in [0.3, 0.4) is 0 Å². The van der Waals surface area contributed by atoms with Gasteiger partial charge in [-0.25, -0.2) is 0 Å². The lowest BCUT2D eigenvalue weighted by atomic mass is 10.3. The van der Waals surface area contributed by atoms with Crippen molar-refractivity contribution in [2.75, 3.05) is 0 Å². The minimum atomic E-state index is -1.02. The van der Waals surface area contributed by atoms with Gasteiger partial charge in [0.2, 0.25) is 0 Å². The molecule has 2 nitrogen and oxygen atoms in total. The van der Waals surface area contributed by atoms with Crippen molar-refractivity contribution in [1.82, 2.24) is 4.72 Å². The normalized spacial score (nSPS) is 16.4. The van der Waals surface area contributed by atoms with Gasteiger partial charge in [-0.1, -0.05) is 0 Å². The summed E-state index contributed by atoms with van der Waals surface area (Å²) in [6, 6.07) is 4.19. The van der Waals surface area contributed by atoms with Gasteiger partial charge in [0.15, 0.2) is 0 Å². The summed E-state index contributed by atoms with van der Waals surface area (Å²) in [5, 5.41) is 0. The lowest BCUT2D eigenvalue weighted by Gasteiger charge is -2.26. The Morgan fingerprint density at radius 1 is 1.47 bits per heavy atom. The third kappa shape index (κ3) is 4.07. The molecule has 0 saturated heterocycles. The molecule has 1 N–H and O–H groups in total. The Morgan fingerprint density at radius 2 is 2.07 bits per heavy atom. The maximum Gasteiger partial charge on any atom is 0.136 e. The van der Waals surface area contributed by atoms with Crippen molar-refractivity contribution in [2.45, 2.75) is 38.5 Å². The van der Waals surface area contributed by atoms with Gasteiger partial charge in [0, 0.05) is 16.2 Å². The van der Waals surface area contributed by atoms with Gasteiger partial charge >= 0.3 is 0 Å². The van der Waals surface area contributed by atoms with Gasteiger partial charge in [-0.2, -0.15) is 0 Å². The molecule has 0 aliphatic carbocycles. The van der Waals surface area contributed by atoms with Gasteiger partial charge in [0.1, 0.15) is 4.75 Å². The molecule has 15 heavy (non-hydrogen) atoms. The number of rotatable bonds is 3. The molecule has 2 atom stereocenters. The largest absolute Gasteiger partial charge is 0.598 e. The zero-order valence-corrected chi connectivity index (χ0v) is 12.6. The summed E-state index contributed by atoms with van der Waals surface area (Å²) in [4.78, 5) is 1.19. The molecule has 5 heteroatoms. The van der Waals surface area contributed by atoms with E-state index in [-0.39, 0.29) is 10.8 Å². The molecule has 0 radical (unpaired) electrons. The highest BCUT2D eigenvalue weighted by molar-refractivity contribution is 9.11. The number of nitrogens with one attached hydrogen (secondary N) is 1. The first-order valence-corrected chi connectivity index (χ1v) is 7.50. The van der Waals surface area contributed by atoms with Crippen LogP contribution < -0.4 is 4.72 Å². The molecule has 1 aromatic rings. The highest BCUT2D eigenvalue weighted by Crippen LogP contribution is 2.28. The second-order valence-electron chi connectivity index (χ2n) is 4.36. The molecule has 1 rings (SSSR count). The van der Waals surface area contributed by atoms with Crippen LogP contribution in [0.2, 0.25) is 0 Å². The monoisotopic (exact) mass is 309 g/mol. The first kappa shape index (κ1) is 13.5. The Kier molecular flexibility index (Phi) is 4.67. The predicted octanol–water partition coefficient (Wildman–Crippen LogP) is 3.62. The van der Waals surface area contributed by atoms with Crippen LogP contribution in [0.25, 0.3) is 0 Å². The average Bonchev–Trinajstić information content (AvgIpc) is 2.50. The summed E-state index contributed by atoms with van der Waals surface area (Å²) >= 11 is 4.07. The summed E-state index contributed by atoms with van der Waals surface area (Å²) in [5.41, 5.74) is 0. The summed E-state index contributed by atoms with van der Waals surface area (Å²) in [7, 11) is 0. The number of thiophene rings is 1. The second kappa shape index (κ2) is 5.19. The molecule has 1 heterocycles. The number of hydrogen-bond acceptors (Lipinski definition) is 3. The molecule has 0 spiro atoms. The van der Waals surface area contributed by atoms with E-state index >= 15 is 0 Å². The van der Waals surface area contributed by atoms with Crippen molar-refractivity contribution < 1.29 is 4.55 Å². The molecule has 0 aliphatic rings. The van der Waals surface area contributed by atoms with E-state index in [4.69, 9.17) is 0 Å². The quantitative estimate of drug-likeness (QED) is 0.865. The van der Waals surface area contributed by atoms with E-state index in [0.29, 0.717) is 0 Å². The van der Waals surface area contributed by atoms with E-state index < -0.39 is 11.4 Å². The fraction of sp³-hybridized carbons (Fsp3) is 0.600. The second-order valence-corrected chi connectivity index (χ2v) is 8.86. The van der Waals surface area contributed by atoms with Gasteiger partial charge in [0.05, 0.1) is 9.83 Å². The first-order valence-electron chi connectivity index (χ1n) is 4.74. The fourth-order valence-electron chi connectivity index (χ4n) is 0.956. The maximum absolute atomic E-state index is 11.8. The topological polar surface area (TPSA) is 35.1 Å². The smallest absolute Gasteiger partial charge is 0.136 e. The van der Waals surface area contributed by atoms with Gasteiger partial charge < -0.3 is 4.55 Å². The lowest BCUT2D eigenvalue weighted by Crippen LogP contribution is -2.40. The van der Waals surface area contributed by atoms with Crippen molar-refractivity contribution in [1.29, 1.82) is 0 Å². The molecule has 0 aromatic carbocycles. The first-order chi connectivity index (χ1) is 6.80. The van der Waals surface area contributed by atoms with Gasteiger partial charge in [-0.15, -0.1) is 16.1 Å². The molecule has 0 amide bonds. The van der Waals surface area contributed by atoms with Crippen LogP contribution in [0.4, 0.5) is 0 Å².